The molecule has 2 aromatic heterocycles. The first kappa shape index (κ1) is 12.9. The van der Waals surface area contributed by atoms with E-state index in [0.29, 0.717) is 22.3 Å². The van der Waals surface area contributed by atoms with Crippen LogP contribution in [0, 0.1) is 13.8 Å². The molecule has 0 spiro atoms. The van der Waals surface area contributed by atoms with Crippen molar-refractivity contribution in [2.24, 2.45) is 0 Å². The number of fused-ring (bicyclic) bond motifs is 3. The second kappa shape index (κ2) is 4.60. The van der Waals surface area contributed by atoms with Gasteiger partial charge in [-0.3, -0.25) is 4.79 Å². The minimum Gasteiger partial charge on any atom is -0.464 e. The quantitative estimate of drug-likeness (QED) is 0.504. The van der Waals surface area contributed by atoms with Gasteiger partial charge in [0.25, 0.3) is 0 Å². The minimum absolute atomic E-state index is 0.00241. The number of furan rings is 1. The lowest BCUT2D eigenvalue weighted by Gasteiger charge is -2.08. The summed E-state index contributed by atoms with van der Waals surface area (Å²) in [5, 5.41) is 1.46. The van der Waals surface area contributed by atoms with Crippen molar-refractivity contribution < 1.29 is 8.83 Å². The van der Waals surface area contributed by atoms with Gasteiger partial charge in [0.05, 0.1) is 17.0 Å². The van der Waals surface area contributed by atoms with Crippen LogP contribution in [-0.4, -0.2) is 0 Å². The average Bonchev–Trinajstić information content (AvgIpc) is 2.93. The lowest BCUT2D eigenvalue weighted by Crippen LogP contribution is -2.07. The SMILES string of the molecule is Cc1c(-c2ccccc2)oc2c(ccc3occ(C)c32)c1=O. The summed E-state index contributed by atoms with van der Waals surface area (Å²) in [7, 11) is 0. The van der Waals surface area contributed by atoms with Crippen molar-refractivity contribution in [3.8, 4) is 11.3 Å². The summed E-state index contributed by atoms with van der Waals surface area (Å²) in [5.41, 5.74) is 3.82. The van der Waals surface area contributed by atoms with Gasteiger partial charge in [0, 0.05) is 11.1 Å². The third-order valence-corrected chi connectivity index (χ3v) is 4.04. The molecule has 0 saturated carbocycles. The Labute approximate surface area is 126 Å². The molecular weight excluding hydrogens is 276 g/mol. The molecule has 4 aromatic rings. The van der Waals surface area contributed by atoms with Crippen LogP contribution in [0.5, 0.6) is 0 Å². The molecule has 0 bridgehead atoms. The zero-order valence-electron chi connectivity index (χ0n) is 12.3. The summed E-state index contributed by atoms with van der Waals surface area (Å²) in [5.74, 6) is 0.617. The van der Waals surface area contributed by atoms with Crippen LogP contribution in [0.4, 0.5) is 0 Å². The molecule has 0 saturated heterocycles. The average molecular weight is 290 g/mol. The molecule has 0 aliphatic carbocycles. The zero-order chi connectivity index (χ0) is 15.3. The maximum absolute atomic E-state index is 12.7. The highest BCUT2D eigenvalue weighted by Gasteiger charge is 2.16. The molecule has 3 heteroatoms. The van der Waals surface area contributed by atoms with Crippen LogP contribution in [0.1, 0.15) is 11.1 Å². The number of rotatable bonds is 1. The molecule has 0 amide bonds. The number of benzene rings is 2. The van der Waals surface area contributed by atoms with Crippen LogP contribution in [0.3, 0.4) is 0 Å². The zero-order valence-corrected chi connectivity index (χ0v) is 12.3. The molecule has 2 aromatic carbocycles. The Hall–Kier alpha value is -2.81. The smallest absolute Gasteiger partial charge is 0.196 e. The minimum atomic E-state index is 0.00241. The molecule has 0 aliphatic heterocycles. The lowest BCUT2D eigenvalue weighted by molar-refractivity contribution is 0.609. The van der Waals surface area contributed by atoms with Crippen molar-refractivity contribution in [2.45, 2.75) is 13.8 Å². The number of hydrogen-bond donors (Lipinski definition) is 0. The molecule has 3 nitrogen and oxygen atoms in total. The van der Waals surface area contributed by atoms with E-state index in [9.17, 15) is 4.79 Å². The summed E-state index contributed by atoms with van der Waals surface area (Å²) in [6, 6.07) is 13.3. The summed E-state index contributed by atoms with van der Waals surface area (Å²) < 4.78 is 11.7. The lowest BCUT2D eigenvalue weighted by atomic mass is 10.0. The van der Waals surface area contributed by atoms with E-state index in [1.165, 1.54) is 0 Å². The van der Waals surface area contributed by atoms with E-state index in [1.807, 2.05) is 43.3 Å². The molecule has 0 atom stereocenters. The van der Waals surface area contributed by atoms with Crippen LogP contribution in [0.2, 0.25) is 0 Å². The maximum atomic E-state index is 12.7. The van der Waals surface area contributed by atoms with Crippen LogP contribution in [0.15, 0.2) is 62.4 Å². The van der Waals surface area contributed by atoms with Crippen LogP contribution in [0.25, 0.3) is 33.3 Å². The van der Waals surface area contributed by atoms with Crippen molar-refractivity contribution in [3.05, 3.63) is 70.1 Å². The van der Waals surface area contributed by atoms with Gasteiger partial charge < -0.3 is 8.83 Å². The monoisotopic (exact) mass is 290 g/mol. The number of aryl methyl sites for hydroxylation is 1. The molecule has 0 radical (unpaired) electrons. The van der Waals surface area contributed by atoms with Crippen molar-refractivity contribution in [1.29, 1.82) is 0 Å². The molecule has 4 rings (SSSR count). The molecular formula is C19H14O3. The van der Waals surface area contributed by atoms with Crippen molar-refractivity contribution in [3.63, 3.8) is 0 Å². The first-order chi connectivity index (χ1) is 10.7. The van der Waals surface area contributed by atoms with E-state index in [1.54, 1.807) is 19.3 Å². The second-order valence-electron chi connectivity index (χ2n) is 5.49. The standard InChI is InChI=1S/C19H14O3/c1-11-10-21-15-9-8-14-17(20)12(2)18(22-19(14)16(11)15)13-6-4-3-5-7-13/h3-10H,1-2H3. The van der Waals surface area contributed by atoms with Gasteiger partial charge >= 0.3 is 0 Å². The fourth-order valence-corrected chi connectivity index (χ4v) is 2.88. The topological polar surface area (TPSA) is 43.4 Å². The molecule has 0 aliphatic rings. The Kier molecular flexibility index (Phi) is 2.70. The fourth-order valence-electron chi connectivity index (χ4n) is 2.88. The highest BCUT2D eigenvalue weighted by molar-refractivity contribution is 6.04. The third-order valence-electron chi connectivity index (χ3n) is 4.04. The highest BCUT2D eigenvalue weighted by atomic mass is 16.3. The highest BCUT2D eigenvalue weighted by Crippen LogP contribution is 2.32. The summed E-state index contributed by atoms with van der Waals surface area (Å²) >= 11 is 0. The molecule has 22 heavy (non-hydrogen) atoms. The van der Waals surface area contributed by atoms with E-state index in [4.69, 9.17) is 8.83 Å². The fraction of sp³-hybridized carbons (Fsp3) is 0.105. The molecule has 0 unspecified atom stereocenters. The van der Waals surface area contributed by atoms with Gasteiger partial charge in [0.2, 0.25) is 0 Å². The largest absolute Gasteiger partial charge is 0.464 e. The van der Waals surface area contributed by atoms with Crippen LogP contribution in [-0.2, 0) is 0 Å². The third kappa shape index (κ3) is 1.72. The summed E-state index contributed by atoms with van der Waals surface area (Å²) in [6.07, 6.45) is 1.69. The van der Waals surface area contributed by atoms with Gasteiger partial charge in [-0.25, -0.2) is 0 Å². The Morgan fingerprint density at radius 3 is 2.50 bits per heavy atom. The Morgan fingerprint density at radius 2 is 1.73 bits per heavy atom. The van der Waals surface area contributed by atoms with Gasteiger partial charge in [-0.05, 0) is 31.5 Å². The van der Waals surface area contributed by atoms with E-state index < -0.39 is 0 Å². The summed E-state index contributed by atoms with van der Waals surface area (Å²) in [4.78, 5) is 12.7. The first-order valence-corrected chi connectivity index (χ1v) is 7.16. The van der Waals surface area contributed by atoms with Gasteiger partial charge in [-0.2, -0.15) is 0 Å². The van der Waals surface area contributed by atoms with Gasteiger partial charge in [-0.1, -0.05) is 30.3 Å². The van der Waals surface area contributed by atoms with E-state index in [0.717, 1.165) is 22.1 Å². The molecule has 108 valence electrons. The first-order valence-electron chi connectivity index (χ1n) is 7.16. The van der Waals surface area contributed by atoms with Crippen LogP contribution < -0.4 is 5.43 Å². The summed E-state index contributed by atoms with van der Waals surface area (Å²) in [6.45, 7) is 3.76. The van der Waals surface area contributed by atoms with E-state index in [-0.39, 0.29) is 5.43 Å². The van der Waals surface area contributed by atoms with Crippen LogP contribution >= 0.6 is 0 Å². The predicted octanol–water partition coefficient (Wildman–Crippen LogP) is 4.82. The Morgan fingerprint density at radius 1 is 0.955 bits per heavy atom. The number of hydrogen-bond acceptors (Lipinski definition) is 3. The predicted molar refractivity (Wildman–Crippen MR) is 87.2 cm³/mol. The van der Waals surface area contributed by atoms with E-state index in [2.05, 4.69) is 0 Å². The Balaban J connectivity index is 2.20. The molecule has 0 N–H and O–H groups in total. The molecule has 2 heterocycles. The second-order valence-corrected chi connectivity index (χ2v) is 5.49. The normalized spacial score (nSPS) is 11.4. The Bertz CT molecular complexity index is 1050. The maximum Gasteiger partial charge on any atom is 0.196 e. The van der Waals surface area contributed by atoms with Crippen molar-refractivity contribution in [1.82, 2.24) is 0 Å². The van der Waals surface area contributed by atoms with Gasteiger partial charge in [0.1, 0.15) is 16.9 Å². The van der Waals surface area contributed by atoms with E-state index >= 15 is 0 Å². The molecule has 0 fully saturated rings. The van der Waals surface area contributed by atoms with Crippen molar-refractivity contribution >= 4 is 21.9 Å². The van der Waals surface area contributed by atoms with Crippen molar-refractivity contribution in [2.75, 3.05) is 0 Å². The van der Waals surface area contributed by atoms with Gasteiger partial charge in [-0.15, -0.1) is 0 Å². The van der Waals surface area contributed by atoms with Gasteiger partial charge in [0.15, 0.2) is 5.43 Å².